The summed E-state index contributed by atoms with van der Waals surface area (Å²) in [5, 5.41) is 4.19. The Balaban J connectivity index is 1.94. The van der Waals surface area contributed by atoms with Gasteiger partial charge in [-0.05, 0) is 30.3 Å². The van der Waals surface area contributed by atoms with Crippen LogP contribution < -0.4 is 15.6 Å². The van der Waals surface area contributed by atoms with Crippen molar-refractivity contribution in [2.75, 3.05) is 19.0 Å². The van der Waals surface area contributed by atoms with Gasteiger partial charge in [0.2, 0.25) is 0 Å². The first-order valence-corrected chi connectivity index (χ1v) is 9.14. The van der Waals surface area contributed by atoms with Gasteiger partial charge >= 0.3 is 0 Å². The van der Waals surface area contributed by atoms with Crippen molar-refractivity contribution < 1.29 is 4.74 Å². The Morgan fingerprint density at radius 3 is 2.85 bits per heavy atom. The lowest BCUT2D eigenvalue weighted by atomic mass is 10.2. The zero-order valence-corrected chi connectivity index (χ0v) is 15.8. The Labute approximate surface area is 163 Å². The highest BCUT2D eigenvalue weighted by atomic mass is 35.5. The van der Waals surface area contributed by atoms with E-state index in [4.69, 9.17) is 22.8 Å². The number of aromatic nitrogens is 3. The predicted molar refractivity (Wildman–Crippen MR) is 109 cm³/mol. The number of halogens is 1. The number of anilines is 1. The van der Waals surface area contributed by atoms with Gasteiger partial charge in [-0.1, -0.05) is 17.5 Å². The van der Waals surface area contributed by atoms with Crippen molar-refractivity contribution in [2.24, 2.45) is 0 Å². The van der Waals surface area contributed by atoms with Crippen molar-refractivity contribution in [1.82, 2.24) is 14.5 Å². The van der Waals surface area contributed by atoms with Crippen molar-refractivity contribution >= 4 is 49.1 Å². The first-order chi connectivity index (χ1) is 13.1. The van der Waals surface area contributed by atoms with Crippen LogP contribution in [-0.4, -0.2) is 28.2 Å². The molecule has 6 nitrogen and oxygen atoms in total. The Morgan fingerprint density at radius 1 is 1.37 bits per heavy atom. The number of nitrogens with one attached hydrogen (secondary N) is 1. The topological polar surface area (TPSA) is 69.0 Å². The number of thiophene rings is 1. The lowest BCUT2D eigenvalue weighted by molar-refractivity contribution is 0.414. The summed E-state index contributed by atoms with van der Waals surface area (Å²) in [4.78, 5) is 22.5. The van der Waals surface area contributed by atoms with Gasteiger partial charge in [-0.2, -0.15) is 0 Å². The Kier molecular flexibility index (Phi) is 4.44. The Hall–Kier alpha value is -3.08. The van der Waals surface area contributed by atoms with Crippen LogP contribution in [0.3, 0.4) is 0 Å². The molecule has 1 aromatic carbocycles. The lowest BCUT2D eigenvalue weighted by Crippen LogP contribution is -2.17. The predicted octanol–water partition coefficient (Wildman–Crippen LogP) is 3.70. The number of fused-ring (bicyclic) bond motifs is 3. The molecule has 0 bridgehead atoms. The van der Waals surface area contributed by atoms with E-state index in [1.807, 2.05) is 0 Å². The minimum absolute atomic E-state index is 0.174. The molecule has 0 aliphatic rings. The normalized spacial score (nSPS) is 10.9. The van der Waals surface area contributed by atoms with E-state index in [0.29, 0.717) is 43.9 Å². The van der Waals surface area contributed by atoms with Crippen LogP contribution in [0.4, 0.5) is 5.69 Å². The van der Waals surface area contributed by atoms with E-state index < -0.39 is 0 Å². The van der Waals surface area contributed by atoms with Crippen molar-refractivity contribution in [3.63, 3.8) is 0 Å². The summed E-state index contributed by atoms with van der Waals surface area (Å²) in [5.41, 5.74) is 1.81. The molecule has 0 aliphatic carbocycles. The summed E-state index contributed by atoms with van der Waals surface area (Å²) in [6, 6.07) is 8.87. The standard InChI is InChI=1S/C19H13ClN4O2S/c1-3-8-21-13-9-14(20)23-18-15(13)16-17(27-18)19(25)24(10-22-16)11-4-6-12(26-2)7-5-11/h1,4-7,9-10H,8H2,2H3,(H,21,23). The van der Waals surface area contributed by atoms with E-state index in [9.17, 15) is 4.79 Å². The fourth-order valence-electron chi connectivity index (χ4n) is 2.81. The molecule has 0 saturated heterocycles. The van der Waals surface area contributed by atoms with Crippen LogP contribution in [0, 0.1) is 12.3 Å². The first kappa shape index (κ1) is 17.3. The molecule has 0 saturated carbocycles. The number of ether oxygens (including phenoxy) is 1. The number of hydrogen-bond donors (Lipinski definition) is 1. The van der Waals surface area contributed by atoms with Gasteiger partial charge in [-0.25, -0.2) is 9.97 Å². The van der Waals surface area contributed by atoms with E-state index in [1.165, 1.54) is 22.2 Å². The van der Waals surface area contributed by atoms with Gasteiger partial charge in [0.05, 0.1) is 35.9 Å². The van der Waals surface area contributed by atoms with E-state index in [-0.39, 0.29) is 5.56 Å². The third kappa shape index (κ3) is 2.99. The molecular formula is C19H13ClN4O2S. The molecule has 4 rings (SSSR count). The average molecular weight is 397 g/mol. The molecule has 4 aromatic rings. The molecule has 134 valence electrons. The van der Waals surface area contributed by atoms with Crippen molar-refractivity contribution in [2.45, 2.75) is 0 Å². The second-order valence-electron chi connectivity index (χ2n) is 5.63. The van der Waals surface area contributed by atoms with E-state index >= 15 is 0 Å². The number of rotatable bonds is 4. The van der Waals surface area contributed by atoms with Gasteiger partial charge in [0, 0.05) is 0 Å². The quantitative estimate of drug-likeness (QED) is 0.420. The van der Waals surface area contributed by atoms with Crippen LogP contribution in [-0.2, 0) is 0 Å². The zero-order valence-electron chi connectivity index (χ0n) is 14.2. The lowest BCUT2D eigenvalue weighted by Gasteiger charge is -2.07. The maximum atomic E-state index is 13.1. The molecule has 8 heteroatoms. The summed E-state index contributed by atoms with van der Waals surface area (Å²) in [5.74, 6) is 3.24. The monoisotopic (exact) mass is 396 g/mol. The van der Waals surface area contributed by atoms with Crippen LogP contribution in [0.25, 0.3) is 26.1 Å². The maximum absolute atomic E-state index is 13.1. The molecule has 3 aromatic heterocycles. The SMILES string of the molecule is C#CCNc1cc(Cl)nc2sc3c(=O)n(-c4ccc(OC)cc4)cnc3c12. The summed E-state index contributed by atoms with van der Waals surface area (Å²) >= 11 is 7.37. The Bertz CT molecular complexity index is 1260. The number of terminal acetylenes is 1. The molecule has 27 heavy (non-hydrogen) atoms. The molecule has 0 radical (unpaired) electrons. The smallest absolute Gasteiger partial charge is 0.275 e. The minimum Gasteiger partial charge on any atom is -0.497 e. The molecule has 0 spiro atoms. The molecule has 0 unspecified atom stereocenters. The van der Waals surface area contributed by atoms with Crippen molar-refractivity contribution in [1.29, 1.82) is 0 Å². The van der Waals surface area contributed by atoms with Gasteiger partial charge in [-0.3, -0.25) is 9.36 Å². The van der Waals surface area contributed by atoms with Crippen LogP contribution in [0.5, 0.6) is 5.75 Å². The van der Waals surface area contributed by atoms with E-state index in [1.54, 1.807) is 37.4 Å². The summed E-state index contributed by atoms with van der Waals surface area (Å²) < 4.78 is 7.15. The first-order valence-electron chi connectivity index (χ1n) is 7.94. The highest BCUT2D eigenvalue weighted by Gasteiger charge is 2.17. The number of pyridine rings is 1. The van der Waals surface area contributed by atoms with Crippen LogP contribution in [0.15, 0.2) is 41.5 Å². The van der Waals surface area contributed by atoms with Crippen LogP contribution in [0.2, 0.25) is 5.15 Å². The number of methoxy groups -OCH3 is 1. The number of hydrogen-bond acceptors (Lipinski definition) is 6. The van der Waals surface area contributed by atoms with Gasteiger partial charge in [0.15, 0.2) is 0 Å². The molecule has 0 aliphatic heterocycles. The number of benzene rings is 1. The highest BCUT2D eigenvalue weighted by Crippen LogP contribution is 2.36. The highest BCUT2D eigenvalue weighted by molar-refractivity contribution is 7.25. The largest absolute Gasteiger partial charge is 0.497 e. The molecule has 0 atom stereocenters. The Morgan fingerprint density at radius 2 is 2.15 bits per heavy atom. The van der Waals surface area contributed by atoms with Crippen LogP contribution >= 0.6 is 22.9 Å². The zero-order chi connectivity index (χ0) is 19.0. The molecule has 1 N–H and O–H groups in total. The number of nitrogens with zero attached hydrogens (tertiary/aromatic N) is 3. The summed E-state index contributed by atoms with van der Waals surface area (Å²) in [6.45, 7) is 0.329. The molecule has 3 heterocycles. The van der Waals surface area contributed by atoms with Crippen molar-refractivity contribution in [3.05, 3.63) is 52.2 Å². The van der Waals surface area contributed by atoms with Gasteiger partial charge in [0.25, 0.3) is 5.56 Å². The van der Waals surface area contributed by atoms with Crippen LogP contribution in [0.1, 0.15) is 0 Å². The summed E-state index contributed by atoms with van der Waals surface area (Å²) in [7, 11) is 1.59. The fraction of sp³-hybridized carbons (Fsp3) is 0.105. The molecule has 0 amide bonds. The van der Waals surface area contributed by atoms with Gasteiger partial charge < -0.3 is 10.1 Å². The van der Waals surface area contributed by atoms with E-state index in [2.05, 4.69) is 21.2 Å². The third-order valence-corrected chi connectivity index (χ3v) is 5.31. The summed E-state index contributed by atoms with van der Waals surface area (Å²) in [6.07, 6.45) is 6.85. The van der Waals surface area contributed by atoms with E-state index in [0.717, 1.165) is 5.39 Å². The van der Waals surface area contributed by atoms with Gasteiger partial charge in [0.1, 0.15) is 26.8 Å². The molecular weight excluding hydrogens is 384 g/mol. The van der Waals surface area contributed by atoms with Crippen molar-refractivity contribution in [3.8, 4) is 23.8 Å². The minimum atomic E-state index is -0.174. The van der Waals surface area contributed by atoms with Gasteiger partial charge in [-0.15, -0.1) is 17.8 Å². The average Bonchev–Trinajstić information content (AvgIpc) is 3.06. The second kappa shape index (κ2) is 6.91. The second-order valence-corrected chi connectivity index (χ2v) is 7.01. The third-order valence-electron chi connectivity index (χ3n) is 4.05. The fourth-order valence-corrected chi connectivity index (χ4v) is 4.14. The maximum Gasteiger partial charge on any atom is 0.275 e. The molecule has 0 fully saturated rings.